The molecule has 1 aromatic carbocycles. The Balaban J connectivity index is 2.43. The number of hydrogen-bond donors (Lipinski definition) is 1. The molecule has 88 valence electrons. The lowest BCUT2D eigenvalue weighted by Gasteiger charge is -2.16. The summed E-state index contributed by atoms with van der Waals surface area (Å²) in [6.45, 7) is 6.25. The zero-order chi connectivity index (χ0) is 12.4. The van der Waals surface area contributed by atoms with E-state index in [0.29, 0.717) is 0 Å². The molecule has 2 heteroatoms. The second kappa shape index (κ2) is 4.68. The molecule has 0 saturated carbocycles. The molecule has 2 rings (SSSR count). The fourth-order valence-corrected chi connectivity index (χ4v) is 2.20. The summed E-state index contributed by atoms with van der Waals surface area (Å²) in [5.74, 6) is 0. The molecule has 1 unspecified atom stereocenters. The van der Waals surface area contributed by atoms with Gasteiger partial charge in [0.1, 0.15) is 0 Å². The Hall–Kier alpha value is -1.67. The van der Waals surface area contributed by atoms with Crippen molar-refractivity contribution in [3.05, 3.63) is 64.5 Å². The lowest BCUT2D eigenvalue weighted by atomic mass is 9.95. The van der Waals surface area contributed by atoms with Crippen molar-refractivity contribution >= 4 is 0 Å². The second-order valence-electron chi connectivity index (χ2n) is 4.63. The Labute approximate surface area is 103 Å². The number of pyridine rings is 1. The van der Waals surface area contributed by atoms with Gasteiger partial charge in [-0.25, -0.2) is 0 Å². The number of hydrogen-bond acceptors (Lipinski definition) is 2. The third kappa shape index (κ3) is 2.53. The predicted molar refractivity (Wildman–Crippen MR) is 70.9 cm³/mol. The van der Waals surface area contributed by atoms with Crippen molar-refractivity contribution in [3.8, 4) is 0 Å². The van der Waals surface area contributed by atoms with E-state index in [1.54, 1.807) is 6.20 Å². The van der Waals surface area contributed by atoms with Crippen molar-refractivity contribution in [2.45, 2.75) is 26.8 Å². The molecule has 1 heterocycles. The fourth-order valence-electron chi connectivity index (χ4n) is 2.20. The van der Waals surface area contributed by atoms with Crippen LogP contribution in [0.2, 0.25) is 0 Å². The maximum absolute atomic E-state index is 6.33. The summed E-state index contributed by atoms with van der Waals surface area (Å²) >= 11 is 0. The maximum atomic E-state index is 6.33. The molecule has 0 aliphatic carbocycles. The van der Waals surface area contributed by atoms with E-state index in [1.165, 1.54) is 11.1 Å². The Morgan fingerprint density at radius 3 is 2.29 bits per heavy atom. The van der Waals surface area contributed by atoms with E-state index in [4.69, 9.17) is 5.73 Å². The molecule has 1 aromatic heterocycles. The van der Waals surface area contributed by atoms with Gasteiger partial charge < -0.3 is 5.73 Å². The van der Waals surface area contributed by atoms with Gasteiger partial charge in [0, 0.05) is 12.4 Å². The summed E-state index contributed by atoms with van der Waals surface area (Å²) in [5.41, 5.74) is 12.3. The Morgan fingerprint density at radius 1 is 1.06 bits per heavy atom. The zero-order valence-electron chi connectivity index (χ0n) is 10.6. The fraction of sp³-hybridized carbons (Fsp3) is 0.267. The zero-order valence-corrected chi connectivity index (χ0v) is 10.6. The number of nitrogens with two attached hydrogens (primary N) is 1. The SMILES string of the molecule is Cc1cc(C)cc(C(N)c2ccncc2C)c1. The monoisotopic (exact) mass is 226 g/mol. The molecule has 1 atom stereocenters. The van der Waals surface area contributed by atoms with E-state index >= 15 is 0 Å². The van der Waals surface area contributed by atoms with Crippen LogP contribution in [0.4, 0.5) is 0 Å². The molecule has 0 bridgehead atoms. The van der Waals surface area contributed by atoms with Crippen molar-refractivity contribution in [2.24, 2.45) is 5.73 Å². The molecule has 0 spiro atoms. The van der Waals surface area contributed by atoms with Crippen LogP contribution >= 0.6 is 0 Å². The minimum Gasteiger partial charge on any atom is -0.320 e. The summed E-state index contributed by atoms with van der Waals surface area (Å²) in [7, 11) is 0. The molecular weight excluding hydrogens is 208 g/mol. The van der Waals surface area contributed by atoms with Crippen LogP contribution in [-0.2, 0) is 0 Å². The minimum absolute atomic E-state index is 0.0726. The first-order chi connectivity index (χ1) is 8.08. The van der Waals surface area contributed by atoms with Crippen LogP contribution in [0.25, 0.3) is 0 Å². The summed E-state index contributed by atoms with van der Waals surface area (Å²) in [6, 6.07) is 8.39. The smallest absolute Gasteiger partial charge is 0.0555 e. The lowest BCUT2D eigenvalue weighted by molar-refractivity contribution is 0.853. The van der Waals surface area contributed by atoms with Crippen LogP contribution in [0.1, 0.15) is 33.9 Å². The van der Waals surface area contributed by atoms with Crippen LogP contribution in [0.15, 0.2) is 36.7 Å². The highest BCUT2D eigenvalue weighted by Gasteiger charge is 2.11. The molecule has 2 N–H and O–H groups in total. The summed E-state index contributed by atoms with van der Waals surface area (Å²) in [6.07, 6.45) is 3.66. The molecule has 0 aliphatic heterocycles. The van der Waals surface area contributed by atoms with Gasteiger partial charge in [-0.3, -0.25) is 4.98 Å². The number of aryl methyl sites for hydroxylation is 3. The lowest BCUT2D eigenvalue weighted by Crippen LogP contribution is -2.13. The van der Waals surface area contributed by atoms with Crippen molar-refractivity contribution < 1.29 is 0 Å². The standard InChI is InChI=1S/C15H18N2/c1-10-6-11(2)8-13(7-10)15(16)14-4-5-17-9-12(14)3/h4-9,15H,16H2,1-3H3. The van der Waals surface area contributed by atoms with Gasteiger partial charge in [-0.1, -0.05) is 29.3 Å². The van der Waals surface area contributed by atoms with Gasteiger partial charge in [0.05, 0.1) is 6.04 Å². The number of aromatic nitrogens is 1. The maximum Gasteiger partial charge on any atom is 0.0555 e. The van der Waals surface area contributed by atoms with Gasteiger partial charge in [0.25, 0.3) is 0 Å². The number of nitrogens with zero attached hydrogens (tertiary/aromatic N) is 1. The van der Waals surface area contributed by atoms with E-state index in [9.17, 15) is 0 Å². The topological polar surface area (TPSA) is 38.9 Å². The van der Waals surface area contributed by atoms with Crippen molar-refractivity contribution in [2.75, 3.05) is 0 Å². The molecule has 17 heavy (non-hydrogen) atoms. The molecule has 0 fully saturated rings. The van der Waals surface area contributed by atoms with E-state index in [-0.39, 0.29) is 6.04 Å². The van der Waals surface area contributed by atoms with Gasteiger partial charge in [-0.15, -0.1) is 0 Å². The van der Waals surface area contributed by atoms with Crippen molar-refractivity contribution in [3.63, 3.8) is 0 Å². The molecule has 2 aromatic rings. The molecule has 0 aliphatic rings. The second-order valence-corrected chi connectivity index (χ2v) is 4.63. The summed E-state index contributed by atoms with van der Waals surface area (Å²) in [5, 5.41) is 0. The van der Waals surface area contributed by atoms with Crippen LogP contribution in [0, 0.1) is 20.8 Å². The average Bonchev–Trinajstić information content (AvgIpc) is 2.27. The first-order valence-corrected chi connectivity index (χ1v) is 5.82. The van der Waals surface area contributed by atoms with E-state index in [2.05, 4.69) is 37.0 Å². The third-order valence-electron chi connectivity index (χ3n) is 3.00. The molecule has 2 nitrogen and oxygen atoms in total. The molecular formula is C15H18N2. The molecule has 0 saturated heterocycles. The van der Waals surface area contributed by atoms with Crippen LogP contribution in [0.5, 0.6) is 0 Å². The normalized spacial score (nSPS) is 12.5. The van der Waals surface area contributed by atoms with Crippen LogP contribution in [0.3, 0.4) is 0 Å². The van der Waals surface area contributed by atoms with Gasteiger partial charge >= 0.3 is 0 Å². The highest BCUT2D eigenvalue weighted by atomic mass is 14.7. The average molecular weight is 226 g/mol. The van der Waals surface area contributed by atoms with Gasteiger partial charge in [0.2, 0.25) is 0 Å². The number of benzene rings is 1. The van der Waals surface area contributed by atoms with E-state index in [1.807, 2.05) is 19.2 Å². The first kappa shape index (κ1) is 11.8. The first-order valence-electron chi connectivity index (χ1n) is 5.82. The van der Waals surface area contributed by atoms with E-state index < -0.39 is 0 Å². The highest BCUT2D eigenvalue weighted by Crippen LogP contribution is 2.23. The minimum atomic E-state index is -0.0726. The van der Waals surface area contributed by atoms with Crippen LogP contribution in [-0.4, -0.2) is 4.98 Å². The summed E-state index contributed by atoms with van der Waals surface area (Å²) in [4.78, 5) is 4.10. The summed E-state index contributed by atoms with van der Waals surface area (Å²) < 4.78 is 0. The van der Waals surface area contributed by atoms with Gasteiger partial charge in [0.15, 0.2) is 0 Å². The molecule has 0 radical (unpaired) electrons. The Bertz CT molecular complexity index is 512. The highest BCUT2D eigenvalue weighted by molar-refractivity contribution is 5.38. The van der Waals surface area contributed by atoms with Crippen molar-refractivity contribution in [1.29, 1.82) is 0 Å². The quantitative estimate of drug-likeness (QED) is 0.854. The van der Waals surface area contributed by atoms with Crippen LogP contribution < -0.4 is 5.73 Å². The van der Waals surface area contributed by atoms with Crippen molar-refractivity contribution in [1.82, 2.24) is 4.98 Å². The predicted octanol–water partition coefficient (Wildman–Crippen LogP) is 3.05. The van der Waals surface area contributed by atoms with E-state index in [0.717, 1.165) is 16.7 Å². The van der Waals surface area contributed by atoms with Gasteiger partial charge in [-0.2, -0.15) is 0 Å². The van der Waals surface area contributed by atoms with Gasteiger partial charge in [-0.05, 0) is 43.5 Å². The Kier molecular flexibility index (Phi) is 3.25. The largest absolute Gasteiger partial charge is 0.320 e. The molecule has 0 amide bonds. The third-order valence-corrected chi connectivity index (χ3v) is 3.00. The Morgan fingerprint density at radius 2 is 1.71 bits per heavy atom. The number of rotatable bonds is 2.